The largest absolute Gasteiger partial charge is 0.508 e. The van der Waals surface area contributed by atoms with Gasteiger partial charge in [-0.2, -0.15) is 5.10 Å². The number of hydrogen-bond acceptors (Lipinski definition) is 6. The van der Waals surface area contributed by atoms with Crippen molar-refractivity contribution in [2.45, 2.75) is 6.92 Å². The Morgan fingerprint density at radius 3 is 2.61 bits per heavy atom. The van der Waals surface area contributed by atoms with Gasteiger partial charge in [0.15, 0.2) is 5.65 Å². The fourth-order valence-corrected chi connectivity index (χ4v) is 4.88. The average molecular weight is 434 g/mol. The molecule has 0 aliphatic carbocycles. The van der Waals surface area contributed by atoms with Crippen molar-refractivity contribution in [3.8, 4) is 16.3 Å². The molecule has 3 aromatic heterocycles. The number of piperazine rings is 1. The number of phenolic OH excluding ortho intramolecular Hbond substituents is 1. The third-order valence-electron chi connectivity index (χ3n) is 5.73. The van der Waals surface area contributed by atoms with Crippen LogP contribution in [-0.2, 0) is 7.05 Å². The number of anilines is 1. The second kappa shape index (κ2) is 7.70. The van der Waals surface area contributed by atoms with Gasteiger partial charge in [0.2, 0.25) is 0 Å². The summed E-state index contributed by atoms with van der Waals surface area (Å²) in [5.74, 6) is 0.264. The van der Waals surface area contributed by atoms with Crippen LogP contribution < -0.4 is 4.90 Å². The lowest BCUT2D eigenvalue weighted by atomic mass is 10.1. The van der Waals surface area contributed by atoms with Gasteiger partial charge in [-0.25, -0.2) is 4.98 Å². The highest BCUT2D eigenvalue weighted by Crippen LogP contribution is 2.30. The average Bonchev–Trinajstić information content (AvgIpc) is 3.41. The van der Waals surface area contributed by atoms with Gasteiger partial charge in [-0.1, -0.05) is 12.1 Å². The number of phenols is 1. The Morgan fingerprint density at radius 2 is 1.90 bits per heavy atom. The molecular weight excluding hydrogens is 410 g/mol. The van der Waals surface area contributed by atoms with E-state index in [0.717, 1.165) is 33.0 Å². The molecule has 0 bridgehead atoms. The number of fused-ring (bicyclic) bond motifs is 1. The standard InChI is InChI=1S/C23H23N5O2S/c1-15-21-18(14-19(20-7-4-12-31-20)24-22(21)26(2)25-15)23(30)28-10-8-27(9-11-28)16-5-3-6-17(29)13-16/h3-7,12-14,29H,8-11H2,1-2H3. The zero-order valence-corrected chi connectivity index (χ0v) is 18.3. The molecule has 1 aliphatic rings. The lowest BCUT2D eigenvalue weighted by Gasteiger charge is -2.36. The van der Waals surface area contributed by atoms with E-state index in [2.05, 4.69) is 10.00 Å². The molecule has 5 rings (SSSR count). The minimum Gasteiger partial charge on any atom is -0.508 e. The van der Waals surface area contributed by atoms with E-state index in [0.29, 0.717) is 31.7 Å². The first kappa shape index (κ1) is 19.6. The number of aromatic hydroxyl groups is 1. The van der Waals surface area contributed by atoms with Crippen LogP contribution in [0, 0.1) is 6.92 Å². The molecule has 31 heavy (non-hydrogen) atoms. The molecule has 0 spiro atoms. The summed E-state index contributed by atoms with van der Waals surface area (Å²) >= 11 is 1.61. The monoisotopic (exact) mass is 433 g/mol. The molecule has 0 atom stereocenters. The van der Waals surface area contributed by atoms with Crippen molar-refractivity contribution in [1.82, 2.24) is 19.7 Å². The Bertz CT molecular complexity index is 1260. The maximum absolute atomic E-state index is 13.6. The van der Waals surface area contributed by atoms with Crippen LogP contribution in [0.5, 0.6) is 5.75 Å². The Kier molecular flexibility index (Phi) is 4.86. The lowest BCUT2D eigenvalue weighted by molar-refractivity contribution is 0.0748. The van der Waals surface area contributed by atoms with Crippen molar-refractivity contribution in [2.24, 2.45) is 7.05 Å². The summed E-state index contributed by atoms with van der Waals surface area (Å²) in [6, 6.07) is 13.2. The molecule has 8 heteroatoms. The van der Waals surface area contributed by atoms with Gasteiger partial charge in [0.1, 0.15) is 5.75 Å². The summed E-state index contributed by atoms with van der Waals surface area (Å²) in [5, 5.41) is 17.1. The predicted molar refractivity (Wildman–Crippen MR) is 123 cm³/mol. The molecular formula is C23H23N5O2S. The summed E-state index contributed by atoms with van der Waals surface area (Å²) in [5.41, 5.74) is 3.97. The molecule has 0 saturated carbocycles. The molecule has 7 nitrogen and oxygen atoms in total. The second-order valence-corrected chi connectivity index (χ2v) is 8.69. The number of pyridine rings is 1. The number of aryl methyl sites for hydroxylation is 2. The van der Waals surface area contributed by atoms with Crippen LogP contribution in [0.4, 0.5) is 5.69 Å². The third-order valence-corrected chi connectivity index (χ3v) is 6.63. The zero-order valence-electron chi connectivity index (χ0n) is 17.4. The summed E-state index contributed by atoms with van der Waals surface area (Å²) < 4.78 is 1.75. The molecule has 0 radical (unpaired) electrons. The summed E-state index contributed by atoms with van der Waals surface area (Å²) in [7, 11) is 1.86. The molecule has 1 aliphatic heterocycles. The first-order valence-corrected chi connectivity index (χ1v) is 11.1. The molecule has 1 N–H and O–H groups in total. The summed E-state index contributed by atoms with van der Waals surface area (Å²) in [6.45, 7) is 4.59. The maximum Gasteiger partial charge on any atom is 0.254 e. The van der Waals surface area contributed by atoms with Crippen LogP contribution in [0.15, 0.2) is 47.8 Å². The number of hydrogen-bond donors (Lipinski definition) is 1. The van der Waals surface area contributed by atoms with Gasteiger partial charge < -0.3 is 14.9 Å². The van der Waals surface area contributed by atoms with Crippen LogP contribution in [0.1, 0.15) is 16.1 Å². The number of carbonyl (C=O) groups is 1. The summed E-state index contributed by atoms with van der Waals surface area (Å²) in [6.07, 6.45) is 0. The molecule has 0 unspecified atom stereocenters. The fraction of sp³-hybridized carbons (Fsp3) is 0.261. The van der Waals surface area contributed by atoms with Gasteiger partial charge in [0.05, 0.1) is 27.2 Å². The van der Waals surface area contributed by atoms with E-state index in [1.807, 2.05) is 54.6 Å². The normalized spacial score (nSPS) is 14.4. The van der Waals surface area contributed by atoms with Gasteiger partial charge in [-0.3, -0.25) is 9.48 Å². The topological polar surface area (TPSA) is 74.5 Å². The van der Waals surface area contributed by atoms with Gasteiger partial charge in [-0.05, 0) is 36.6 Å². The Hall–Kier alpha value is -3.39. The van der Waals surface area contributed by atoms with E-state index in [9.17, 15) is 9.90 Å². The Labute approximate surface area is 184 Å². The highest BCUT2D eigenvalue weighted by Gasteiger charge is 2.26. The highest BCUT2D eigenvalue weighted by atomic mass is 32.1. The van der Waals surface area contributed by atoms with Gasteiger partial charge >= 0.3 is 0 Å². The third kappa shape index (κ3) is 3.53. The number of aromatic nitrogens is 3. The number of benzene rings is 1. The minimum atomic E-state index is 0.0110. The smallest absolute Gasteiger partial charge is 0.254 e. The molecule has 158 valence electrons. The van der Waals surface area contributed by atoms with Crippen LogP contribution in [-0.4, -0.2) is 56.9 Å². The van der Waals surface area contributed by atoms with Gasteiger partial charge in [0.25, 0.3) is 5.91 Å². The van der Waals surface area contributed by atoms with E-state index in [4.69, 9.17) is 4.98 Å². The van der Waals surface area contributed by atoms with E-state index in [-0.39, 0.29) is 11.7 Å². The maximum atomic E-state index is 13.6. The first-order valence-electron chi connectivity index (χ1n) is 10.2. The van der Waals surface area contributed by atoms with Crippen LogP contribution >= 0.6 is 11.3 Å². The van der Waals surface area contributed by atoms with Crippen LogP contribution in [0.25, 0.3) is 21.6 Å². The van der Waals surface area contributed by atoms with Crippen molar-refractivity contribution >= 4 is 34.0 Å². The Morgan fingerprint density at radius 1 is 1.10 bits per heavy atom. The molecule has 4 heterocycles. The summed E-state index contributed by atoms with van der Waals surface area (Å²) in [4.78, 5) is 23.5. The number of carbonyl (C=O) groups excluding carboxylic acids is 1. The van der Waals surface area contributed by atoms with Gasteiger partial charge in [-0.15, -0.1) is 11.3 Å². The quantitative estimate of drug-likeness (QED) is 0.534. The van der Waals surface area contributed by atoms with E-state index >= 15 is 0 Å². The Balaban J connectivity index is 1.46. The minimum absolute atomic E-state index is 0.0110. The molecule has 1 saturated heterocycles. The molecule has 4 aromatic rings. The lowest BCUT2D eigenvalue weighted by Crippen LogP contribution is -2.48. The first-order chi connectivity index (χ1) is 15.0. The fourth-order valence-electron chi connectivity index (χ4n) is 4.19. The van der Waals surface area contributed by atoms with Gasteiger partial charge in [0, 0.05) is 45.0 Å². The second-order valence-electron chi connectivity index (χ2n) is 7.74. The van der Waals surface area contributed by atoms with Crippen LogP contribution in [0.2, 0.25) is 0 Å². The van der Waals surface area contributed by atoms with E-state index < -0.39 is 0 Å². The number of nitrogens with zero attached hydrogens (tertiary/aromatic N) is 5. The highest BCUT2D eigenvalue weighted by molar-refractivity contribution is 7.13. The zero-order chi connectivity index (χ0) is 21.5. The number of amides is 1. The number of thiophene rings is 1. The van der Waals surface area contributed by atoms with Crippen molar-refractivity contribution < 1.29 is 9.90 Å². The SMILES string of the molecule is Cc1nn(C)c2nc(-c3cccs3)cc(C(=O)N3CCN(c4cccc(O)c4)CC3)c12. The van der Waals surface area contributed by atoms with Crippen molar-refractivity contribution in [3.63, 3.8) is 0 Å². The molecule has 1 fully saturated rings. The van der Waals surface area contributed by atoms with Crippen molar-refractivity contribution in [3.05, 3.63) is 59.1 Å². The predicted octanol–water partition coefficient (Wildman–Crippen LogP) is 3.67. The van der Waals surface area contributed by atoms with E-state index in [1.54, 1.807) is 28.2 Å². The molecule has 1 amide bonds. The van der Waals surface area contributed by atoms with Crippen LogP contribution in [0.3, 0.4) is 0 Å². The van der Waals surface area contributed by atoms with E-state index in [1.165, 1.54) is 0 Å². The number of rotatable bonds is 3. The van der Waals surface area contributed by atoms with Crippen molar-refractivity contribution in [1.29, 1.82) is 0 Å². The molecule has 1 aromatic carbocycles. The van der Waals surface area contributed by atoms with Crippen molar-refractivity contribution in [2.75, 3.05) is 31.1 Å².